The van der Waals surface area contributed by atoms with Gasteiger partial charge in [-0.25, -0.2) is 0 Å². The predicted molar refractivity (Wildman–Crippen MR) is 82.9 cm³/mol. The highest BCUT2D eigenvalue weighted by atomic mass is 16.6. The van der Waals surface area contributed by atoms with E-state index in [9.17, 15) is 14.9 Å². The second kappa shape index (κ2) is 7.16. The maximum absolute atomic E-state index is 12.2. The highest BCUT2D eigenvalue weighted by Gasteiger charge is 2.15. The Balaban J connectivity index is 2.05. The first-order valence-electron chi connectivity index (χ1n) is 6.75. The van der Waals surface area contributed by atoms with E-state index in [1.54, 1.807) is 19.4 Å². The minimum absolute atomic E-state index is 0.114. The molecule has 0 fully saturated rings. The molecule has 1 aromatic heterocycles. The van der Waals surface area contributed by atoms with Gasteiger partial charge in [-0.15, -0.1) is 0 Å². The number of non-ortho nitro benzene ring substituents is 1. The molecule has 0 saturated carbocycles. The number of carbonyl (C=O) groups is 1. The van der Waals surface area contributed by atoms with E-state index in [0.29, 0.717) is 18.7 Å². The van der Waals surface area contributed by atoms with Crippen molar-refractivity contribution in [2.24, 2.45) is 0 Å². The minimum atomic E-state index is -0.522. The van der Waals surface area contributed by atoms with Crippen LogP contribution in [0.5, 0.6) is 0 Å². The van der Waals surface area contributed by atoms with E-state index in [4.69, 9.17) is 0 Å². The second-order valence-corrected chi connectivity index (χ2v) is 4.60. The number of pyridine rings is 1. The molecular weight excluding hydrogens is 284 g/mol. The third-order valence-electron chi connectivity index (χ3n) is 3.15. The summed E-state index contributed by atoms with van der Waals surface area (Å²) in [5.41, 5.74) is 1.69. The quantitative estimate of drug-likeness (QED) is 0.628. The van der Waals surface area contributed by atoms with Crippen LogP contribution in [0.4, 0.5) is 11.4 Å². The van der Waals surface area contributed by atoms with Crippen LogP contribution < -0.4 is 10.6 Å². The van der Waals surface area contributed by atoms with Crippen LogP contribution in [-0.4, -0.2) is 29.4 Å². The van der Waals surface area contributed by atoms with Crippen molar-refractivity contribution >= 4 is 17.3 Å². The number of amides is 1. The topological polar surface area (TPSA) is 97.2 Å². The minimum Gasteiger partial charge on any atom is -0.387 e. The van der Waals surface area contributed by atoms with Gasteiger partial charge >= 0.3 is 0 Å². The average molecular weight is 300 g/mol. The van der Waals surface area contributed by atoms with Crippen LogP contribution in [0.1, 0.15) is 15.9 Å². The van der Waals surface area contributed by atoms with Crippen LogP contribution in [-0.2, 0) is 6.42 Å². The molecule has 2 rings (SSSR count). The van der Waals surface area contributed by atoms with Crippen molar-refractivity contribution in [1.29, 1.82) is 0 Å². The van der Waals surface area contributed by atoms with Gasteiger partial charge in [-0.2, -0.15) is 0 Å². The maximum atomic E-state index is 12.2. The standard InChI is InChI=1S/C15H16N4O3/c1-16-14-5-4-12(19(21)22)9-13(14)15(20)18-8-6-11-3-2-7-17-10-11/h2-5,7,9-10,16H,6,8H2,1H3,(H,18,20). The molecule has 1 heterocycles. The SMILES string of the molecule is CNc1ccc([N+](=O)[O-])cc1C(=O)NCCc1cccnc1. The molecule has 0 aliphatic rings. The predicted octanol–water partition coefficient (Wildman–Crippen LogP) is 2.00. The summed E-state index contributed by atoms with van der Waals surface area (Å²) in [6, 6.07) is 7.90. The molecule has 0 unspecified atom stereocenters. The number of aromatic nitrogens is 1. The van der Waals surface area contributed by atoms with Gasteiger partial charge in [-0.3, -0.25) is 19.9 Å². The zero-order valence-corrected chi connectivity index (χ0v) is 12.1. The molecule has 0 saturated heterocycles. The number of carbonyl (C=O) groups excluding carboxylic acids is 1. The van der Waals surface area contributed by atoms with E-state index < -0.39 is 4.92 Å². The van der Waals surface area contributed by atoms with Crippen LogP contribution in [0.3, 0.4) is 0 Å². The zero-order valence-electron chi connectivity index (χ0n) is 12.1. The van der Waals surface area contributed by atoms with Crippen molar-refractivity contribution in [3.05, 3.63) is 64.0 Å². The molecule has 7 heteroatoms. The van der Waals surface area contributed by atoms with Gasteiger partial charge in [-0.1, -0.05) is 6.07 Å². The molecule has 2 aromatic rings. The highest BCUT2D eigenvalue weighted by Crippen LogP contribution is 2.21. The van der Waals surface area contributed by atoms with Gasteiger partial charge in [0.15, 0.2) is 0 Å². The summed E-state index contributed by atoms with van der Waals surface area (Å²) < 4.78 is 0. The third kappa shape index (κ3) is 3.78. The lowest BCUT2D eigenvalue weighted by Gasteiger charge is -2.09. The number of hydrogen-bond donors (Lipinski definition) is 2. The number of hydrogen-bond acceptors (Lipinski definition) is 5. The molecule has 0 aliphatic heterocycles. The van der Waals surface area contributed by atoms with Gasteiger partial charge in [0.25, 0.3) is 11.6 Å². The number of nitro benzene ring substituents is 1. The fourth-order valence-electron chi connectivity index (χ4n) is 2.01. The lowest BCUT2D eigenvalue weighted by atomic mass is 10.1. The van der Waals surface area contributed by atoms with E-state index in [0.717, 1.165) is 5.56 Å². The Morgan fingerprint density at radius 1 is 1.36 bits per heavy atom. The fourth-order valence-corrected chi connectivity index (χ4v) is 2.01. The van der Waals surface area contributed by atoms with E-state index in [1.807, 2.05) is 12.1 Å². The number of nitro groups is 1. The largest absolute Gasteiger partial charge is 0.387 e. The molecule has 1 aromatic carbocycles. The summed E-state index contributed by atoms with van der Waals surface area (Å²) in [7, 11) is 1.66. The van der Waals surface area contributed by atoms with Crippen LogP contribution in [0.2, 0.25) is 0 Å². The second-order valence-electron chi connectivity index (χ2n) is 4.60. The Kier molecular flexibility index (Phi) is 5.02. The first-order chi connectivity index (χ1) is 10.6. The summed E-state index contributed by atoms with van der Waals surface area (Å²) >= 11 is 0. The summed E-state index contributed by atoms with van der Waals surface area (Å²) in [6.45, 7) is 0.427. The Morgan fingerprint density at radius 3 is 2.82 bits per heavy atom. The number of benzene rings is 1. The lowest BCUT2D eigenvalue weighted by molar-refractivity contribution is -0.384. The van der Waals surface area contributed by atoms with Crippen LogP contribution in [0.25, 0.3) is 0 Å². The molecule has 7 nitrogen and oxygen atoms in total. The molecular formula is C15H16N4O3. The molecule has 0 bridgehead atoms. The Morgan fingerprint density at radius 2 is 2.18 bits per heavy atom. The molecule has 0 aliphatic carbocycles. The zero-order chi connectivity index (χ0) is 15.9. The average Bonchev–Trinajstić information content (AvgIpc) is 2.55. The molecule has 0 radical (unpaired) electrons. The smallest absolute Gasteiger partial charge is 0.270 e. The van der Waals surface area contributed by atoms with Crippen molar-refractivity contribution in [2.75, 3.05) is 18.9 Å². The first kappa shape index (κ1) is 15.4. The number of rotatable bonds is 6. The summed E-state index contributed by atoms with van der Waals surface area (Å²) in [5, 5.41) is 16.4. The monoisotopic (exact) mass is 300 g/mol. The van der Waals surface area contributed by atoms with Crippen LogP contribution in [0.15, 0.2) is 42.7 Å². The highest BCUT2D eigenvalue weighted by molar-refractivity contribution is 6.00. The van der Waals surface area contributed by atoms with Gasteiger partial charge < -0.3 is 10.6 Å². The summed E-state index contributed by atoms with van der Waals surface area (Å²) in [5.74, 6) is -0.350. The van der Waals surface area contributed by atoms with Crippen LogP contribution in [0, 0.1) is 10.1 Å². The molecule has 1 amide bonds. The third-order valence-corrected chi connectivity index (χ3v) is 3.15. The fraction of sp³-hybridized carbons (Fsp3) is 0.200. The van der Waals surface area contributed by atoms with E-state index in [1.165, 1.54) is 18.2 Å². The maximum Gasteiger partial charge on any atom is 0.270 e. The number of anilines is 1. The van der Waals surface area contributed by atoms with Crippen molar-refractivity contribution < 1.29 is 9.72 Å². The lowest BCUT2D eigenvalue weighted by Crippen LogP contribution is -2.26. The van der Waals surface area contributed by atoms with Gasteiger partial charge in [0.2, 0.25) is 0 Å². The van der Waals surface area contributed by atoms with Crippen molar-refractivity contribution in [3.8, 4) is 0 Å². The van der Waals surface area contributed by atoms with E-state index in [-0.39, 0.29) is 17.2 Å². The molecule has 2 N–H and O–H groups in total. The molecule has 0 atom stereocenters. The van der Waals surface area contributed by atoms with Gasteiger partial charge in [0.1, 0.15) is 0 Å². The first-order valence-corrected chi connectivity index (χ1v) is 6.75. The van der Waals surface area contributed by atoms with Crippen molar-refractivity contribution in [3.63, 3.8) is 0 Å². The van der Waals surface area contributed by atoms with Crippen LogP contribution >= 0.6 is 0 Å². The molecule has 0 spiro atoms. The van der Waals surface area contributed by atoms with Crippen molar-refractivity contribution in [1.82, 2.24) is 10.3 Å². The molecule has 114 valence electrons. The Hall–Kier alpha value is -2.96. The summed E-state index contributed by atoms with van der Waals surface area (Å²) in [4.78, 5) is 26.5. The van der Waals surface area contributed by atoms with Crippen molar-refractivity contribution in [2.45, 2.75) is 6.42 Å². The summed E-state index contributed by atoms with van der Waals surface area (Å²) in [6.07, 6.45) is 4.06. The number of nitrogens with zero attached hydrogens (tertiary/aromatic N) is 2. The normalized spacial score (nSPS) is 10.0. The Bertz CT molecular complexity index is 674. The van der Waals surface area contributed by atoms with Gasteiger partial charge in [0.05, 0.1) is 10.5 Å². The van der Waals surface area contributed by atoms with E-state index in [2.05, 4.69) is 15.6 Å². The van der Waals surface area contributed by atoms with E-state index >= 15 is 0 Å². The van der Waals surface area contributed by atoms with Gasteiger partial charge in [-0.05, 0) is 24.1 Å². The molecule has 22 heavy (non-hydrogen) atoms. The number of nitrogens with one attached hydrogen (secondary N) is 2. The van der Waals surface area contributed by atoms with Gasteiger partial charge in [0, 0.05) is 43.8 Å². The Labute approximate surface area is 127 Å².